The van der Waals surface area contributed by atoms with Crippen LogP contribution in [0.2, 0.25) is 0 Å². The lowest BCUT2D eigenvalue weighted by Gasteiger charge is -2.30. The lowest BCUT2D eigenvalue weighted by molar-refractivity contribution is -0.141. The molecule has 368 valence electrons. The van der Waals surface area contributed by atoms with Crippen molar-refractivity contribution in [3.8, 4) is 0 Å². The van der Waals surface area contributed by atoms with Crippen molar-refractivity contribution in [2.24, 2.45) is 5.92 Å². The number of aliphatic hydroxyl groups excluding tert-OH is 1. The van der Waals surface area contributed by atoms with Gasteiger partial charge in [-0.15, -0.1) is 0 Å². The van der Waals surface area contributed by atoms with Gasteiger partial charge in [-0.1, -0.05) is 89.6 Å². The van der Waals surface area contributed by atoms with Crippen molar-refractivity contribution >= 4 is 37.4 Å². The number of rotatable bonds is 35. The lowest BCUT2D eigenvalue weighted by atomic mass is 10.0. The molecule has 0 aliphatic carbocycles. The molecule has 0 spiro atoms. The highest BCUT2D eigenvalue weighted by atomic mass is 31.2. The van der Waals surface area contributed by atoms with Crippen molar-refractivity contribution < 1.29 is 57.1 Å². The molecule has 17 nitrogen and oxygen atoms in total. The number of ether oxygens (including phenoxy) is 2. The topological polar surface area (TPSA) is 231 Å². The molecule has 0 aliphatic rings. The van der Waals surface area contributed by atoms with Gasteiger partial charge in [0, 0.05) is 13.1 Å². The van der Waals surface area contributed by atoms with Gasteiger partial charge in [-0.2, -0.15) is 0 Å². The monoisotopic (exact) mass is 928 g/mol. The number of unbranched alkanes of at least 4 members (excludes halogenated alkanes) is 7. The summed E-state index contributed by atoms with van der Waals surface area (Å²) in [5.74, 6) is -3.07. The molecule has 0 saturated carbocycles. The number of nitrogens with zero attached hydrogens (tertiary/aromatic N) is 1. The zero-order chi connectivity index (χ0) is 48.2. The van der Waals surface area contributed by atoms with Crippen LogP contribution >= 0.6 is 7.82 Å². The molecule has 18 heteroatoms. The van der Waals surface area contributed by atoms with Gasteiger partial charge >= 0.3 is 7.82 Å². The molecule has 0 fully saturated rings. The van der Waals surface area contributed by atoms with Gasteiger partial charge in [0.15, 0.2) is 0 Å². The van der Waals surface area contributed by atoms with Crippen LogP contribution in [0.1, 0.15) is 139 Å². The summed E-state index contributed by atoms with van der Waals surface area (Å²) in [4.78, 5) is 76.5. The first-order chi connectivity index (χ1) is 30.1. The summed E-state index contributed by atoms with van der Waals surface area (Å²) in [6.45, 7) is 15.7. The summed E-state index contributed by atoms with van der Waals surface area (Å²) < 4.78 is 34.4. The molecule has 1 unspecified atom stereocenters. The summed E-state index contributed by atoms with van der Waals surface area (Å²) in [6, 6.07) is 8.04. The number of benzene rings is 1. The van der Waals surface area contributed by atoms with Crippen LogP contribution in [0.4, 0.5) is 0 Å². The zero-order valence-corrected chi connectivity index (χ0v) is 41.1. The van der Waals surface area contributed by atoms with Gasteiger partial charge in [0.1, 0.15) is 12.1 Å². The molecule has 0 aliphatic heterocycles. The van der Waals surface area contributed by atoms with Crippen LogP contribution in [-0.2, 0) is 53.5 Å². The largest absolute Gasteiger partial charge is 0.472 e. The van der Waals surface area contributed by atoms with Crippen LogP contribution in [0.25, 0.3) is 0 Å². The van der Waals surface area contributed by atoms with Crippen molar-refractivity contribution in [3.63, 3.8) is 0 Å². The van der Waals surface area contributed by atoms with Gasteiger partial charge in [-0.25, -0.2) is 4.57 Å². The van der Waals surface area contributed by atoms with Gasteiger partial charge in [0.25, 0.3) is 0 Å². The van der Waals surface area contributed by atoms with Gasteiger partial charge < -0.3 is 45.6 Å². The molecule has 0 heterocycles. The average Bonchev–Trinajstić information content (AvgIpc) is 3.21. The molecule has 6 N–H and O–H groups in total. The SMILES string of the molecule is CCCN(CC(=O)N[C@@H](CC(C)C)C(=O)NCC(=O)N[C@@H](CO)C(=O)NC[C@@H](C)OP(=O)(O)OCCCCCCCCCCc1ccccc1)C(=O)CCOC(C)(C)COC(C)(C)C. The zero-order valence-electron chi connectivity index (χ0n) is 40.2. The molecular formula is C46H82N5O12P. The highest BCUT2D eigenvalue weighted by Gasteiger charge is 2.28. The summed E-state index contributed by atoms with van der Waals surface area (Å²) in [5.41, 5.74) is 0.406. The first kappa shape index (κ1) is 58.6. The molecule has 0 aromatic heterocycles. The van der Waals surface area contributed by atoms with Crippen molar-refractivity contribution in [2.45, 2.75) is 169 Å². The second kappa shape index (κ2) is 31.5. The molecule has 64 heavy (non-hydrogen) atoms. The van der Waals surface area contributed by atoms with Crippen LogP contribution < -0.4 is 21.3 Å². The number of hydrogen-bond donors (Lipinski definition) is 6. The number of carbonyl (C=O) groups excluding carboxylic acids is 5. The summed E-state index contributed by atoms with van der Waals surface area (Å²) >= 11 is 0. The molecule has 0 bridgehead atoms. The molecule has 1 aromatic carbocycles. The second-order valence-electron chi connectivity index (χ2n) is 18.4. The Morgan fingerprint density at radius 3 is 1.97 bits per heavy atom. The van der Waals surface area contributed by atoms with Crippen LogP contribution in [0.15, 0.2) is 30.3 Å². The van der Waals surface area contributed by atoms with Crippen LogP contribution in [0, 0.1) is 5.92 Å². The van der Waals surface area contributed by atoms with E-state index >= 15 is 0 Å². The number of phosphoric acid groups is 1. The quantitative estimate of drug-likeness (QED) is 0.0374. The smallest absolute Gasteiger partial charge is 0.394 e. The number of aliphatic hydroxyl groups is 1. The fraction of sp³-hybridized carbons (Fsp3) is 0.761. The average molecular weight is 928 g/mol. The highest BCUT2D eigenvalue weighted by Crippen LogP contribution is 2.44. The molecule has 0 radical (unpaired) electrons. The second-order valence-corrected chi connectivity index (χ2v) is 19.8. The summed E-state index contributed by atoms with van der Waals surface area (Å²) in [7, 11) is -4.40. The van der Waals surface area contributed by atoms with Crippen LogP contribution in [-0.4, -0.2) is 126 Å². The van der Waals surface area contributed by atoms with E-state index < -0.39 is 68.4 Å². The summed E-state index contributed by atoms with van der Waals surface area (Å²) in [6.07, 6.45) is 9.30. The Hall–Kier alpha value is -3.44. The Labute approximate surface area is 382 Å². The molecule has 0 saturated heterocycles. The maximum absolute atomic E-state index is 13.2. The minimum Gasteiger partial charge on any atom is -0.394 e. The predicted molar refractivity (Wildman–Crippen MR) is 247 cm³/mol. The number of carbonyl (C=O) groups is 5. The fourth-order valence-corrected chi connectivity index (χ4v) is 7.34. The van der Waals surface area contributed by atoms with E-state index in [4.69, 9.17) is 18.5 Å². The maximum Gasteiger partial charge on any atom is 0.472 e. The van der Waals surface area contributed by atoms with E-state index in [1.165, 1.54) is 36.6 Å². The van der Waals surface area contributed by atoms with Crippen molar-refractivity contribution in [2.75, 3.05) is 52.6 Å². The first-order valence-corrected chi connectivity index (χ1v) is 24.6. The molecule has 4 atom stereocenters. The van der Waals surface area contributed by atoms with Gasteiger partial charge in [-0.05, 0) is 85.1 Å². The third-order valence-electron chi connectivity index (χ3n) is 9.79. The predicted octanol–water partition coefficient (Wildman–Crippen LogP) is 5.35. The number of nitrogens with one attached hydrogen (secondary N) is 4. The van der Waals surface area contributed by atoms with E-state index in [1.807, 2.05) is 61.5 Å². The van der Waals surface area contributed by atoms with Crippen molar-refractivity contribution in [1.82, 2.24) is 26.2 Å². The number of phosphoric ester groups is 1. The van der Waals surface area contributed by atoms with E-state index in [-0.39, 0.29) is 56.6 Å². The first-order valence-electron chi connectivity index (χ1n) is 23.1. The van der Waals surface area contributed by atoms with Crippen molar-refractivity contribution in [3.05, 3.63) is 35.9 Å². The maximum atomic E-state index is 13.2. The van der Waals surface area contributed by atoms with E-state index in [0.717, 1.165) is 32.1 Å². The third-order valence-corrected chi connectivity index (χ3v) is 10.9. The number of hydrogen-bond acceptors (Lipinski definition) is 11. The molecule has 1 aromatic rings. The van der Waals surface area contributed by atoms with Crippen molar-refractivity contribution in [1.29, 1.82) is 0 Å². The minimum atomic E-state index is -4.40. The lowest BCUT2D eigenvalue weighted by Crippen LogP contribution is -2.54. The number of amides is 5. The number of aryl methyl sites for hydroxylation is 1. The van der Waals surface area contributed by atoms with E-state index in [9.17, 15) is 38.5 Å². The minimum absolute atomic E-state index is 0.0213. The normalized spacial score (nSPS) is 14.2. The fourth-order valence-electron chi connectivity index (χ4n) is 6.39. The van der Waals surface area contributed by atoms with Crippen LogP contribution in [0.3, 0.4) is 0 Å². The van der Waals surface area contributed by atoms with Gasteiger partial charge in [0.05, 0.1) is 63.2 Å². The Morgan fingerprint density at radius 2 is 1.38 bits per heavy atom. The molecule has 1 rings (SSSR count). The Balaban J connectivity index is 2.46. The van der Waals surface area contributed by atoms with E-state index in [0.29, 0.717) is 26.0 Å². The molecule has 5 amide bonds. The Bertz CT molecular complexity index is 1560. The highest BCUT2D eigenvalue weighted by molar-refractivity contribution is 7.47. The van der Waals surface area contributed by atoms with Gasteiger partial charge in [0.2, 0.25) is 29.5 Å². The van der Waals surface area contributed by atoms with Gasteiger partial charge in [-0.3, -0.25) is 33.0 Å². The Kier molecular flexibility index (Phi) is 28.8. The molecular weight excluding hydrogens is 846 g/mol. The Morgan fingerprint density at radius 1 is 0.781 bits per heavy atom. The summed E-state index contributed by atoms with van der Waals surface area (Å²) in [5, 5.41) is 19.8. The van der Waals surface area contributed by atoms with E-state index in [2.05, 4.69) is 45.5 Å². The third kappa shape index (κ3) is 29.2. The van der Waals surface area contributed by atoms with E-state index in [1.54, 1.807) is 0 Å². The standard InChI is InChI=1S/C46H82N5O12P/c1-10-26-51(42(55)25-28-60-46(8,9)34-61-45(5,6)7)32-41(54)49-38(29-35(2)3)43(56)48-31-40(53)50-39(33-52)44(57)47-30-36(4)63-64(58,59)62-27-21-16-14-12-11-13-15-18-22-37-23-19-17-20-24-37/h17,19-20,23-24,35-36,38-39,52H,10-16,18,21-22,25-34H2,1-9H3,(H,47,57)(H,48,56)(H,49,54)(H,50,53)(H,58,59)/t36-,38+,39+/m1/s1. The van der Waals surface area contributed by atoms with Crippen LogP contribution in [0.5, 0.6) is 0 Å².